The molecule has 0 unspecified atom stereocenters. The Morgan fingerprint density at radius 3 is 1.85 bits per heavy atom. The zero-order valence-corrected chi connectivity index (χ0v) is 22.1. The zero-order chi connectivity index (χ0) is 30.0. The second-order valence-electron chi connectivity index (χ2n) is 9.51. The van der Waals surface area contributed by atoms with Gasteiger partial charge in [0.25, 0.3) is 0 Å². The fourth-order valence-electron chi connectivity index (χ4n) is 3.34. The molecule has 0 aliphatic heterocycles. The van der Waals surface area contributed by atoms with Crippen LogP contribution in [0.1, 0.15) is 57.9 Å². The lowest BCUT2D eigenvalue weighted by Gasteiger charge is -2.33. The van der Waals surface area contributed by atoms with Gasteiger partial charge in [-0.2, -0.15) is 39.5 Å². The summed E-state index contributed by atoms with van der Waals surface area (Å²) in [6.07, 6.45) is -6.06. The van der Waals surface area contributed by atoms with Crippen molar-refractivity contribution in [2.45, 2.75) is 76.3 Å². The molecule has 2 aromatic rings. The Morgan fingerprint density at radius 1 is 0.725 bits per heavy atom. The molecule has 0 spiro atoms. The highest BCUT2D eigenvalue weighted by atomic mass is 19.4. The van der Waals surface area contributed by atoms with Gasteiger partial charge >= 0.3 is 23.9 Å². The summed E-state index contributed by atoms with van der Waals surface area (Å²) in [7, 11) is 0. The minimum absolute atomic E-state index is 0.0764. The molecule has 3 nitrogen and oxygen atoms in total. The SMILES string of the molecule is CC[C@H](C)COc1ccc(N=Cc2ccc(OCCCCCCC(F)(F)C(F)(F)C(F)(F)C(F)(F)F)cc2)cc1. The fraction of sp³-hybridized carbons (Fsp3) is 0.536. The predicted octanol–water partition coefficient (Wildman–Crippen LogP) is 9.66. The Bertz CT molecular complexity index is 1050. The largest absolute Gasteiger partial charge is 0.494 e. The maximum Gasteiger partial charge on any atom is 0.460 e. The van der Waals surface area contributed by atoms with E-state index in [0.29, 0.717) is 24.7 Å². The van der Waals surface area contributed by atoms with Crippen LogP contribution in [0, 0.1) is 5.92 Å². The van der Waals surface area contributed by atoms with Crippen LogP contribution < -0.4 is 9.47 Å². The van der Waals surface area contributed by atoms with Gasteiger partial charge in [-0.15, -0.1) is 0 Å². The van der Waals surface area contributed by atoms with Crippen molar-refractivity contribution in [2.24, 2.45) is 10.9 Å². The average Bonchev–Trinajstić information content (AvgIpc) is 2.90. The molecule has 0 saturated carbocycles. The average molecular weight is 586 g/mol. The molecule has 0 aliphatic rings. The Balaban J connectivity index is 1.70. The topological polar surface area (TPSA) is 30.8 Å². The Labute approximate surface area is 227 Å². The van der Waals surface area contributed by atoms with Gasteiger partial charge in [0.2, 0.25) is 0 Å². The van der Waals surface area contributed by atoms with Crippen molar-refractivity contribution in [3.05, 3.63) is 54.1 Å². The number of ether oxygens (including phenoxy) is 2. The van der Waals surface area contributed by atoms with E-state index in [-0.39, 0.29) is 19.4 Å². The first-order chi connectivity index (χ1) is 18.6. The Hall–Kier alpha value is -2.92. The smallest absolute Gasteiger partial charge is 0.460 e. The van der Waals surface area contributed by atoms with E-state index in [9.17, 15) is 39.5 Å². The molecular weight excluding hydrogens is 553 g/mol. The molecule has 0 aliphatic carbocycles. The number of rotatable bonds is 16. The molecule has 1 atom stereocenters. The maximum absolute atomic E-state index is 13.5. The van der Waals surface area contributed by atoms with Crippen LogP contribution in [0.4, 0.5) is 45.2 Å². The van der Waals surface area contributed by atoms with Gasteiger partial charge in [-0.3, -0.25) is 4.99 Å². The van der Waals surface area contributed by atoms with Crippen molar-refractivity contribution < 1.29 is 49.0 Å². The monoisotopic (exact) mass is 585 g/mol. The summed E-state index contributed by atoms with van der Waals surface area (Å²) in [5, 5.41) is 0. The van der Waals surface area contributed by atoms with Gasteiger partial charge in [-0.05, 0) is 72.9 Å². The van der Waals surface area contributed by atoms with Crippen molar-refractivity contribution >= 4 is 11.9 Å². The molecule has 224 valence electrons. The molecular formula is C28H32F9NO2. The molecule has 0 saturated heterocycles. The molecule has 0 radical (unpaired) electrons. The quantitative estimate of drug-likeness (QED) is 0.112. The minimum Gasteiger partial charge on any atom is -0.494 e. The van der Waals surface area contributed by atoms with Crippen LogP contribution in [0.25, 0.3) is 0 Å². The summed E-state index contributed by atoms with van der Waals surface area (Å²) < 4.78 is 127. The number of aliphatic imine (C=N–C) groups is 1. The second-order valence-corrected chi connectivity index (χ2v) is 9.51. The van der Waals surface area contributed by atoms with E-state index >= 15 is 0 Å². The molecule has 0 aromatic heterocycles. The normalized spacial score (nSPS) is 14.0. The van der Waals surface area contributed by atoms with Crippen LogP contribution in [-0.2, 0) is 0 Å². The summed E-state index contributed by atoms with van der Waals surface area (Å²) in [4.78, 5) is 4.40. The number of nitrogens with zero attached hydrogens (tertiary/aromatic N) is 1. The van der Waals surface area contributed by atoms with Gasteiger partial charge in [0, 0.05) is 12.6 Å². The minimum atomic E-state index is -6.84. The van der Waals surface area contributed by atoms with Gasteiger partial charge in [-0.25, -0.2) is 0 Å². The summed E-state index contributed by atoms with van der Waals surface area (Å²) in [5.74, 6) is -17.2. The lowest BCUT2D eigenvalue weighted by Crippen LogP contribution is -2.60. The highest BCUT2D eigenvalue weighted by Crippen LogP contribution is 2.54. The van der Waals surface area contributed by atoms with Gasteiger partial charge in [0.15, 0.2) is 0 Å². The van der Waals surface area contributed by atoms with E-state index in [0.717, 1.165) is 23.4 Å². The predicted molar refractivity (Wildman–Crippen MR) is 135 cm³/mol. The van der Waals surface area contributed by atoms with E-state index < -0.39 is 36.8 Å². The second kappa shape index (κ2) is 14.1. The number of alkyl halides is 9. The first kappa shape index (κ1) is 33.3. The zero-order valence-electron chi connectivity index (χ0n) is 22.1. The summed E-state index contributed by atoms with van der Waals surface area (Å²) in [6.45, 7) is 5.02. The molecule has 0 heterocycles. The lowest BCUT2D eigenvalue weighted by atomic mass is 9.98. The van der Waals surface area contributed by atoms with Crippen molar-refractivity contribution in [1.29, 1.82) is 0 Å². The Kier molecular flexibility index (Phi) is 11.7. The van der Waals surface area contributed by atoms with Crippen LogP contribution >= 0.6 is 0 Å². The van der Waals surface area contributed by atoms with E-state index in [1.807, 2.05) is 24.3 Å². The lowest BCUT2D eigenvalue weighted by molar-refractivity contribution is -0.396. The molecule has 0 amide bonds. The van der Waals surface area contributed by atoms with Crippen LogP contribution in [0.2, 0.25) is 0 Å². The highest BCUT2D eigenvalue weighted by Gasteiger charge is 2.81. The molecule has 2 aromatic carbocycles. The third kappa shape index (κ3) is 9.05. The first-order valence-corrected chi connectivity index (χ1v) is 12.8. The summed E-state index contributed by atoms with van der Waals surface area (Å²) in [5.41, 5.74) is 1.55. The van der Waals surface area contributed by atoms with Crippen LogP contribution in [-0.4, -0.2) is 43.4 Å². The van der Waals surface area contributed by atoms with Crippen molar-refractivity contribution in [1.82, 2.24) is 0 Å². The maximum atomic E-state index is 13.5. The number of benzene rings is 2. The van der Waals surface area contributed by atoms with Crippen molar-refractivity contribution in [3.63, 3.8) is 0 Å². The first-order valence-electron chi connectivity index (χ1n) is 12.8. The number of hydrogen-bond donors (Lipinski definition) is 0. The van der Waals surface area contributed by atoms with Gasteiger partial charge in [0.1, 0.15) is 11.5 Å². The van der Waals surface area contributed by atoms with Gasteiger partial charge in [0.05, 0.1) is 18.9 Å². The molecule has 12 heteroatoms. The summed E-state index contributed by atoms with van der Waals surface area (Å²) in [6, 6.07) is 14.3. The standard InChI is InChI=1S/C28H32F9NO2/c1-3-20(2)19-40-24-14-10-22(11-15-24)38-18-21-8-12-23(13-9-21)39-17-7-5-4-6-16-25(29,30)26(31,32)27(33,34)28(35,36)37/h8-15,18,20H,3-7,16-17,19H2,1-2H3/t20-/m0/s1. The van der Waals surface area contributed by atoms with Crippen LogP contribution in [0.5, 0.6) is 11.5 Å². The fourth-order valence-corrected chi connectivity index (χ4v) is 3.34. The van der Waals surface area contributed by atoms with Crippen LogP contribution in [0.15, 0.2) is 53.5 Å². The molecule has 0 fully saturated rings. The molecule has 0 N–H and O–H groups in total. The van der Waals surface area contributed by atoms with E-state index in [2.05, 4.69) is 18.8 Å². The van der Waals surface area contributed by atoms with E-state index in [1.165, 1.54) is 0 Å². The number of hydrogen-bond acceptors (Lipinski definition) is 3. The third-order valence-corrected chi connectivity index (χ3v) is 6.17. The van der Waals surface area contributed by atoms with Gasteiger partial charge in [-0.1, -0.05) is 33.1 Å². The molecule has 2 rings (SSSR count). The van der Waals surface area contributed by atoms with Crippen molar-refractivity contribution in [2.75, 3.05) is 13.2 Å². The van der Waals surface area contributed by atoms with E-state index in [1.54, 1.807) is 30.5 Å². The van der Waals surface area contributed by atoms with E-state index in [4.69, 9.17) is 9.47 Å². The van der Waals surface area contributed by atoms with Crippen LogP contribution in [0.3, 0.4) is 0 Å². The number of unbranched alkanes of at least 4 members (excludes halogenated alkanes) is 3. The highest BCUT2D eigenvalue weighted by molar-refractivity contribution is 5.82. The summed E-state index contributed by atoms with van der Waals surface area (Å²) >= 11 is 0. The number of halogens is 9. The Morgan fingerprint density at radius 2 is 1.27 bits per heavy atom. The molecule has 40 heavy (non-hydrogen) atoms. The van der Waals surface area contributed by atoms with Crippen molar-refractivity contribution in [3.8, 4) is 11.5 Å². The van der Waals surface area contributed by atoms with Gasteiger partial charge < -0.3 is 9.47 Å². The molecule has 0 bridgehead atoms. The third-order valence-electron chi connectivity index (χ3n) is 6.17.